The molecule has 0 spiro atoms. The van der Waals surface area contributed by atoms with Crippen LogP contribution in [-0.4, -0.2) is 17.7 Å². The van der Waals surface area contributed by atoms with E-state index in [0.29, 0.717) is 6.54 Å². The molecule has 0 aliphatic heterocycles. The highest BCUT2D eigenvalue weighted by Gasteiger charge is 2.05. The first-order valence-corrected chi connectivity index (χ1v) is 5.77. The molecule has 0 bridgehead atoms. The van der Waals surface area contributed by atoms with E-state index in [-0.39, 0.29) is 0 Å². The minimum absolute atomic E-state index is 0.657. The van der Waals surface area contributed by atoms with Crippen molar-refractivity contribution in [1.82, 2.24) is 4.57 Å². The molecule has 0 unspecified atom stereocenters. The van der Waals surface area contributed by atoms with Gasteiger partial charge in [-0.3, -0.25) is 0 Å². The molecule has 0 saturated carbocycles. The summed E-state index contributed by atoms with van der Waals surface area (Å²) < 4.78 is 7.88. The van der Waals surface area contributed by atoms with Crippen LogP contribution in [0.15, 0.2) is 30.5 Å². The largest absolute Gasteiger partial charge is 0.493 e. The Bertz CT molecular complexity index is 462. The van der Waals surface area contributed by atoms with Crippen molar-refractivity contribution in [1.29, 1.82) is 0 Å². The maximum Gasteiger partial charge on any atom is 0.128 e. The predicted octanol–water partition coefficient (Wildman–Crippen LogP) is 2.39. The fourth-order valence-corrected chi connectivity index (χ4v) is 1.87. The van der Waals surface area contributed by atoms with Crippen LogP contribution in [0.2, 0.25) is 0 Å². The molecular formula is C13H18N2O. The summed E-state index contributed by atoms with van der Waals surface area (Å²) in [6.07, 6.45) is 3.09. The molecule has 3 heteroatoms. The first kappa shape index (κ1) is 11.0. The van der Waals surface area contributed by atoms with Crippen molar-refractivity contribution in [3.05, 3.63) is 30.5 Å². The van der Waals surface area contributed by atoms with E-state index in [4.69, 9.17) is 10.5 Å². The SMILES string of the molecule is CCCOc1cccc2c1ccn2CCN. The Hall–Kier alpha value is -1.48. The Kier molecular flexibility index (Phi) is 3.47. The second-order valence-corrected chi connectivity index (χ2v) is 3.84. The Morgan fingerprint density at radius 1 is 1.31 bits per heavy atom. The molecule has 1 aromatic carbocycles. The second-order valence-electron chi connectivity index (χ2n) is 3.84. The lowest BCUT2D eigenvalue weighted by atomic mass is 10.2. The van der Waals surface area contributed by atoms with Gasteiger partial charge in [0.05, 0.1) is 12.1 Å². The zero-order valence-corrected chi connectivity index (χ0v) is 9.65. The number of fused-ring (bicyclic) bond motifs is 1. The molecule has 2 N–H and O–H groups in total. The van der Waals surface area contributed by atoms with E-state index in [9.17, 15) is 0 Å². The first-order chi connectivity index (χ1) is 7.86. The lowest BCUT2D eigenvalue weighted by Gasteiger charge is -2.07. The van der Waals surface area contributed by atoms with Gasteiger partial charge in [0.25, 0.3) is 0 Å². The van der Waals surface area contributed by atoms with Crippen molar-refractivity contribution in [3.8, 4) is 5.75 Å². The summed E-state index contributed by atoms with van der Waals surface area (Å²) in [5.41, 5.74) is 6.77. The van der Waals surface area contributed by atoms with Gasteiger partial charge in [-0.05, 0) is 24.6 Å². The minimum atomic E-state index is 0.657. The van der Waals surface area contributed by atoms with E-state index in [1.165, 1.54) is 10.9 Å². The predicted molar refractivity (Wildman–Crippen MR) is 66.8 cm³/mol. The van der Waals surface area contributed by atoms with E-state index in [1.807, 2.05) is 12.1 Å². The van der Waals surface area contributed by atoms with Gasteiger partial charge in [0.15, 0.2) is 0 Å². The Balaban J connectivity index is 2.36. The fourth-order valence-electron chi connectivity index (χ4n) is 1.87. The Morgan fingerprint density at radius 3 is 2.94 bits per heavy atom. The summed E-state index contributed by atoms with van der Waals surface area (Å²) in [6, 6.07) is 8.24. The standard InChI is InChI=1S/C13H18N2O/c1-2-10-16-13-5-3-4-12-11(13)6-8-15(12)9-7-14/h3-6,8H,2,7,9-10,14H2,1H3. The van der Waals surface area contributed by atoms with Crippen LogP contribution in [0.4, 0.5) is 0 Å². The van der Waals surface area contributed by atoms with Crippen molar-refractivity contribution in [3.63, 3.8) is 0 Å². The van der Waals surface area contributed by atoms with Gasteiger partial charge in [-0.25, -0.2) is 0 Å². The third kappa shape index (κ3) is 2.04. The smallest absolute Gasteiger partial charge is 0.128 e. The van der Waals surface area contributed by atoms with Crippen LogP contribution < -0.4 is 10.5 Å². The molecule has 0 radical (unpaired) electrons. The van der Waals surface area contributed by atoms with Crippen molar-refractivity contribution in [2.45, 2.75) is 19.9 Å². The zero-order valence-electron chi connectivity index (χ0n) is 9.65. The van der Waals surface area contributed by atoms with Gasteiger partial charge >= 0.3 is 0 Å². The number of hydrogen-bond acceptors (Lipinski definition) is 2. The molecule has 86 valence electrons. The molecule has 1 aromatic heterocycles. The maximum atomic E-state index is 5.72. The fraction of sp³-hybridized carbons (Fsp3) is 0.385. The maximum absolute atomic E-state index is 5.72. The van der Waals surface area contributed by atoms with Crippen LogP contribution >= 0.6 is 0 Å². The average molecular weight is 218 g/mol. The van der Waals surface area contributed by atoms with Gasteiger partial charge in [-0.15, -0.1) is 0 Å². The van der Waals surface area contributed by atoms with Gasteiger partial charge in [-0.1, -0.05) is 13.0 Å². The summed E-state index contributed by atoms with van der Waals surface area (Å²) in [5.74, 6) is 0.968. The summed E-state index contributed by atoms with van der Waals surface area (Å²) in [7, 11) is 0. The molecule has 1 heterocycles. The number of ether oxygens (including phenoxy) is 1. The first-order valence-electron chi connectivity index (χ1n) is 5.77. The van der Waals surface area contributed by atoms with Gasteiger partial charge in [0, 0.05) is 24.7 Å². The number of benzene rings is 1. The van der Waals surface area contributed by atoms with Crippen molar-refractivity contribution in [2.24, 2.45) is 5.73 Å². The highest BCUT2D eigenvalue weighted by molar-refractivity contribution is 5.86. The normalized spacial score (nSPS) is 10.9. The summed E-state index contributed by atoms with van der Waals surface area (Å²) in [5, 5.41) is 1.17. The van der Waals surface area contributed by atoms with E-state index >= 15 is 0 Å². The van der Waals surface area contributed by atoms with Crippen LogP contribution in [0, 0.1) is 0 Å². The molecule has 0 amide bonds. The van der Waals surface area contributed by atoms with E-state index in [2.05, 4.69) is 29.8 Å². The van der Waals surface area contributed by atoms with Crippen LogP contribution in [0.3, 0.4) is 0 Å². The van der Waals surface area contributed by atoms with Gasteiger partial charge in [0.1, 0.15) is 5.75 Å². The number of hydrogen-bond donors (Lipinski definition) is 1. The van der Waals surface area contributed by atoms with E-state index in [1.54, 1.807) is 0 Å². The number of rotatable bonds is 5. The van der Waals surface area contributed by atoms with Crippen LogP contribution in [-0.2, 0) is 6.54 Å². The quantitative estimate of drug-likeness (QED) is 0.837. The van der Waals surface area contributed by atoms with Crippen molar-refractivity contribution < 1.29 is 4.74 Å². The number of nitrogens with two attached hydrogens (primary N) is 1. The number of aromatic nitrogens is 1. The highest BCUT2D eigenvalue weighted by Crippen LogP contribution is 2.26. The van der Waals surface area contributed by atoms with Crippen molar-refractivity contribution in [2.75, 3.05) is 13.2 Å². The molecule has 0 atom stereocenters. The summed E-state index contributed by atoms with van der Waals surface area (Å²) in [4.78, 5) is 0. The van der Waals surface area contributed by atoms with E-state index in [0.717, 1.165) is 25.3 Å². The summed E-state index contributed by atoms with van der Waals surface area (Å²) in [6.45, 7) is 4.38. The van der Waals surface area contributed by atoms with Crippen LogP contribution in [0.5, 0.6) is 5.75 Å². The van der Waals surface area contributed by atoms with Crippen LogP contribution in [0.1, 0.15) is 13.3 Å². The van der Waals surface area contributed by atoms with Crippen LogP contribution in [0.25, 0.3) is 10.9 Å². The molecule has 16 heavy (non-hydrogen) atoms. The van der Waals surface area contributed by atoms with Crippen molar-refractivity contribution >= 4 is 10.9 Å². The number of nitrogens with zero attached hydrogens (tertiary/aromatic N) is 1. The topological polar surface area (TPSA) is 40.2 Å². The third-order valence-electron chi connectivity index (χ3n) is 2.61. The lowest BCUT2D eigenvalue weighted by Crippen LogP contribution is -2.08. The molecule has 2 rings (SSSR count). The molecule has 2 aromatic rings. The molecule has 0 aliphatic rings. The molecule has 0 saturated heterocycles. The zero-order chi connectivity index (χ0) is 11.4. The molecule has 0 fully saturated rings. The lowest BCUT2D eigenvalue weighted by molar-refractivity contribution is 0.321. The Labute approximate surface area is 95.8 Å². The molecule has 3 nitrogen and oxygen atoms in total. The highest BCUT2D eigenvalue weighted by atomic mass is 16.5. The monoisotopic (exact) mass is 218 g/mol. The average Bonchev–Trinajstić information content (AvgIpc) is 2.71. The Morgan fingerprint density at radius 2 is 2.19 bits per heavy atom. The molecular weight excluding hydrogens is 200 g/mol. The second kappa shape index (κ2) is 5.03. The van der Waals surface area contributed by atoms with Gasteiger partial charge in [0.2, 0.25) is 0 Å². The van der Waals surface area contributed by atoms with Gasteiger partial charge in [-0.2, -0.15) is 0 Å². The van der Waals surface area contributed by atoms with E-state index < -0.39 is 0 Å². The van der Waals surface area contributed by atoms with Gasteiger partial charge < -0.3 is 15.0 Å². The molecule has 0 aliphatic carbocycles. The third-order valence-corrected chi connectivity index (χ3v) is 2.61. The summed E-state index contributed by atoms with van der Waals surface area (Å²) >= 11 is 0. The minimum Gasteiger partial charge on any atom is -0.493 e.